The fourth-order valence-corrected chi connectivity index (χ4v) is 4.33. The van der Waals surface area contributed by atoms with Crippen LogP contribution < -0.4 is 12.4 Å². The number of pyridine rings is 2. The molecule has 1 aliphatic rings. The fourth-order valence-electron chi connectivity index (χ4n) is 4.33. The van der Waals surface area contributed by atoms with E-state index in [1.807, 2.05) is 36.4 Å². The van der Waals surface area contributed by atoms with Gasteiger partial charge in [0.1, 0.15) is 0 Å². The molecule has 4 aromatic rings. The molecule has 1 unspecified atom stereocenters. The van der Waals surface area contributed by atoms with Crippen LogP contribution in [0.1, 0.15) is 33.3 Å². The number of benzene rings is 2. The summed E-state index contributed by atoms with van der Waals surface area (Å²) in [5, 5.41) is 0. The van der Waals surface area contributed by atoms with Gasteiger partial charge >= 0.3 is 53.1 Å². The van der Waals surface area contributed by atoms with Crippen LogP contribution in [-0.2, 0) is 20.1 Å². The Labute approximate surface area is 262 Å². The van der Waals surface area contributed by atoms with E-state index in [1.165, 1.54) is 39.0 Å². The molecule has 0 spiro atoms. The van der Waals surface area contributed by atoms with E-state index in [9.17, 15) is 25.2 Å². The molecule has 226 valence electrons. The summed E-state index contributed by atoms with van der Waals surface area (Å²) in [6, 6.07) is 31.2. The molecule has 5 rings (SSSR count). The summed E-state index contributed by atoms with van der Waals surface area (Å²) >= 11 is 0. The second-order valence-electron chi connectivity index (χ2n) is 9.40. The van der Waals surface area contributed by atoms with Crippen molar-refractivity contribution in [1.29, 1.82) is 0 Å². The van der Waals surface area contributed by atoms with E-state index in [1.54, 1.807) is 12.4 Å². The minimum absolute atomic E-state index is 0. The molecule has 0 saturated carbocycles. The van der Waals surface area contributed by atoms with Crippen molar-refractivity contribution in [3.05, 3.63) is 126 Å². The molecule has 0 bridgehead atoms. The van der Waals surface area contributed by atoms with E-state index >= 15 is 0 Å². The Morgan fingerprint density at radius 1 is 0.548 bits per heavy atom. The Bertz CT molecular complexity index is 1450. The Balaban J connectivity index is 0.000000357. The summed E-state index contributed by atoms with van der Waals surface area (Å²) in [7, 11) is -10.7. The minimum atomic E-state index is -10.7. The molecular weight excluding hydrogens is 773 g/mol. The van der Waals surface area contributed by atoms with Gasteiger partial charge in [0.2, 0.25) is 0 Å². The molecule has 2 nitrogen and oxygen atoms in total. The zero-order chi connectivity index (χ0) is 29.6. The maximum Gasteiger partial charge on any atom is 3.00 e. The zero-order valence-corrected chi connectivity index (χ0v) is 27.3. The van der Waals surface area contributed by atoms with E-state index < -0.39 is 7.81 Å². The summed E-state index contributed by atoms with van der Waals surface area (Å²) < 4.78 is 59.2. The maximum absolute atomic E-state index is 10.7. The van der Waals surface area contributed by atoms with Gasteiger partial charge < -0.3 is 12.4 Å². The fraction of sp³-hybridized carbons (Fsp3) is 0.161. The topological polar surface area (TPSA) is 25.8 Å². The van der Waals surface area contributed by atoms with Crippen molar-refractivity contribution in [2.24, 2.45) is 5.92 Å². The Morgan fingerprint density at radius 3 is 1.29 bits per heavy atom. The normalized spacial score (nSPS) is 15.9. The smallest absolute Gasteiger partial charge is 1.00 e. The molecule has 0 radical (unpaired) electrons. The molecule has 1 atom stereocenters. The number of hydrogen-bond donors (Lipinski definition) is 0. The van der Waals surface area contributed by atoms with Gasteiger partial charge in [0, 0.05) is 18.3 Å². The Morgan fingerprint density at radius 2 is 0.929 bits per heavy atom. The van der Waals surface area contributed by atoms with Crippen molar-refractivity contribution in [3.63, 3.8) is 0 Å². The molecule has 2 aromatic heterocycles. The number of hydrogen-bond acceptors (Lipinski definition) is 2. The number of halogens is 7. The summed E-state index contributed by atoms with van der Waals surface area (Å²) in [5.41, 5.74) is 11.7. The van der Waals surface area contributed by atoms with E-state index in [2.05, 4.69) is 92.3 Å². The predicted molar refractivity (Wildman–Crippen MR) is 153 cm³/mol. The summed E-state index contributed by atoms with van der Waals surface area (Å²) in [6.45, 7) is 9.07. The first-order valence-electron chi connectivity index (χ1n) is 12.4. The predicted octanol–water partition coefficient (Wildman–Crippen LogP) is 8.64. The molecule has 2 aromatic carbocycles. The summed E-state index contributed by atoms with van der Waals surface area (Å²) in [6.07, 6.45) is 3.54. The van der Waals surface area contributed by atoms with Crippen molar-refractivity contribution in [3.8, 4) is 22.5 Å². The van der Waals surface area contributed by atoms with Gasteiger partial charge in [-0.25, -0.2) is 0 Å². The summed E-state index contributed by atoms with van der Waals surface area (Å²) in [5.74, 6) is 0.535. The van der Waals surface area contributed by atoms with Crippen molar-refractivity contribution >= 4 is 13.4 Å². The average Bonchev–Trinajstić information content (AvgIpc) is 3.11. The van der Waals surface area contributed by atoms with E-state index in [-0.39, 0.29) is 32.5 Å². The standard InChI is InChI=1S/C21H22.C10H8N2.ClH.F6P.Ir/c1-14-15(2)17(4)21(16(14)3)20-12-10-19(11-13-20)18-8-6-5-7-9-18;1-3-7-11-9(5-1)10-6-2-4-8-12-10;;1-7(2,3,4,5)6;/h5-13,16H,1-4H3;1-8H;1H;;/q;;;-1;+3/p-1. The maximum atomic E-state index is 9.87. The van der Waals surface area contributed by atoms with E-state index in [4.69, 9.17) is 0 Å². The van der Waals surface area contributed by atoms with Gasteiger partial charge in [0.05, 0.1) is 11.4 Å². The van der Waals surface area contributed by atoms with Crippen LogP contribution in [-0.4, -0.2) is 9.97 Å². The zero-order valence-electron chi connectivity index (χ0n) is 23.2. The largest absolute Gasteiger partial charge is 3.00 e. The molecule has 0 fully saturated rings. The molecule has 0 saturated heterocycles. The van der Waals surface area contributed by atoms with Gasteiger partial charge in [-0.05, 0) is 78.4 Å². The van der Waals surface area contributed by atoms with Crippen LogP contribution in [0.25, 0.3) is 28.1 Å². The van der Waals surface area contributed by atoms with Crippen LogP contribution in [0.15, 0.2) is 120 Å². The molecular formula is C31H30ClF6IrN2P+. The first-order valence-corrected chi connectivity index (χ1v) is 14.5. The first kappa shape index (κ1) is 37.2. The quantitative estimate of drug-likeness (QED) is 0.153. The third-order valence-corrected chi connectivity index (χ3v) is 6.54. The van der Waals surface area contributed by atoms with Crippen LogP contribution >= 0.6 is 7.81 Å². The monoisotopic (exact) mass is 803 g/mol. The van der Waals surface area contributed by atoms with Crippen molar-refractivity contribution in [2.45, 2.75) is 27.7 Å². The van der Waals surface area contributed by atoms with E-state index in [0.29, 0.717) is 5.92 Å². The molecule has 11 heteroatoms. The van der Waals surface area contributed by atoms with Gasteiger partial charge in [-0.1, -0.05) is 79.2 Å². The van der Waals surface area contributed by atoms with Gasteiger partial charge in [-0.2, -0.15) is 0 Å². The van der Waals surface area contributed by atoms with E-state index in [0.717, 1.165) is 11.4 Å². The van der Waals surface area contributed by atoms with Crippen LogP contribution in [0, 0.1) is 5.92 Å². The molecule has 2 heterocycles. The molecule has 0 aliphatic heterocycles. The van der Waals surface area contributed by atoms with Gasteiger partial charge in [-0.3, -0.25) is 9.97 Å². The molecule has 42 heavy (non-hydrogen) atoms. The van der Waals surface area contributed by atoms with Crippen LogP contribution in [0.5, 0.6) is 0 Å². The average molecular weight is 803 g/mol. The molecule has 0 N–H and O–H groups in total. The molecule has 1 aliphatic carbocycles. The minimum Gasteiger partial charge on any atom is -1.00 e. The van der Waals surface area contributed by atoms with Crippen molar-refractivity contribution < 1.29 is 57.7 Å². The Kier molecular flexibility index (Phi) is 12.5. The number of nitrogens with zero attached hydrogens (tertiary/aromatic N) is 2. The Hall–Kier alpha value is -2.83. The third-order valence-electron chi connectivity index (χ3n) is 6.54. The number of aromatic nitrogens is 2. The first-order chi connectivity index (χ1) is 18.5. The third kappa shape index (κ3) is 12.2. The van der Waals surface area contributed by atoms with Gasteiger partial charge in [0.15, 0.2) is 0 Å². The second-order valence-corrected chi connectivity index (χ2v) is 11.3. The SMILES string of the molecule is CC1=C(C)C(C)C(c2ccc(-c3ccccc3)cc2)=C1C.F[P-](F)(F)(F)(F)F.[Cl-].[Ir+3].c1ccc(-c2ccccn2)nc1. The van der Waals surface area contributed by atoms with Gasteiger partial charge in [0.25, 0.3) is 0 Å². The van der Waals surface area contributed by atoms with Gasteiger partial charge in [-0.15, -0.1) is 0 Å². The summed E-state index contributed by atoms with van der Waals surface area (Å²) in [4.78, 5) is 8.37. The number of rotatable bonds is 3. The second kappa shape index (κ2) is 14.1. The number of allylic oxidation sites excluding steroid dienone is 4. The van der Waals surface area contributed by atoms with Crippen molar-refractivity contribution in [1.82, 2.24) is 9.97 Å². The van der Waals surface area contributed by atoms with Crippen molar-refractivity contribution in [2.75, 3.05) is 0 Å². The van der Waals surface area contributed by atoms with Crippen LogP contribution in [0.2, 0.25) is 0 Å². The molecule has 0 amide bonds. The van der Waals surface area contributed by atoms with Crippen LogP contribution in [0.3, 0.4) is 0 Å². The van der Waals surface area contributed by atoms with Crippen LogP contribution in [0.4, 0.5) is 25.2 Å².